The number of nitrogens with one attached hydrogen (secondary N) is 1. The quantitative estimate of drug-likeness (QED) is 0.543. The van der Waals surface area contributed by atoms with Crippen molar-refractivity contribution in [2.45, 2.75) is 19.4 Å². The largest absolute Gasteiger partial charge is 0.493 e. The van der Waals surface area contributed by atoms with Gasteiger partial charge in [-0.2, -0.15) is 0 Å². The molecule has 1 aliphatic heterocycles. The van der Waals surface area contributed by atoms with Gasteiger partial charge in [0.15, 0.2) is 0 Å². The first-order chi connectivity index (χ1) is 16.1. The third kappa shape index (κ3) is 6.65. The highest BCUT2D eigenvalue weighted by Gasteiger charge is 2.32. The smallest absolute Gasteiger partial charge is 0.224 e. The number of carbonyl (C=O) groups excluding carboxylic acids is 1. The topological polar surface area (TPSA) is 59.4 Å². The van der Waals surface area contributed by atoms with Gasteiger partial charge in [-0.25, -0.2) is 9.37 Å². The molecule has 1 fully saturated rings. The van der Waals surface area contributed by atoms with E-state index in [9.17, 15) is 9.18 Å². The number of ether oxygens (including phenoxy) is 1. The fourth-order valence-corrected chi connectivity index (χ4v) is 4.38. The first-order valence-electron chi connectivity index (χ1n) is 11.5. The van der Waals surface area contributed by atoms with E-state index in [1.165, 1.54) is 17.7 Å². The maximum Gasteiger partial charge on any atom is 0.224 e. The average Bonchev–Trinajstić information content (AvgIpc) is 3.22. The monoisotopic (exact) mass is 450 g/mol. The molecule has 1 amide bonds. The van der Waals surface area contributed by atoms with E-state index in [1.807, 2.05) is 36.0 Å². The number of rotatable bonds is 9. The molecule has 0 spiro atoms. The number of carbonyl (C=O) groups is 1. The minimum Gasteiger partial charge on any atom is -0.493 e. The molecule has 2 heterocycles. The van der Waals surface area contributed by atoms with Gasteiger partial charge in [-0.05, 0) is 30.5 Å². The van der Waals surface area contributed by atoms with Gasteiger partial charge in [0.05, 0.1) is 19.1 Å². The van der Waals surface area contributed by atoms with Crippen molar-refractivity contribution in [3.05, 3.63) is 84.2 Å². The van der Waals surface area contributed by atoms with E-state index in [-0.39, 0.29) is 23.6 Å². The maximum atomic E-state index is 13.5. The fourth-order valence-electron chi connectivity index (χ4n) is 4.38. The van der Waals surface area contributed by atoms with Crippen LogP contribution < -0.4 is 10.1 Å². The number of amides is 1. The molecule has 1 aromatic heterocycles. The summed E-state index contributed by atoms with van der Waals surface area (Å²) in [7, 11) is 1.98. The van der Waals surface area contributed by atoms with Crippen LogP contribution in [0.2, 0.25) is 0 Å². The summed E-state index contributed by atoms with van der Waals surface area (Å²) in [6.45, 7) is 3.21. The predicted molar refractivity (Wildman–Crippen MR) is 125 cm³/mol. The van der Waals surface area contributed by atoms with Gasteiger partial charge >= 0.3 is 0 Å². The predicted octanol–water partition coefficient (Wildman–Crippen LogP) is 3.44. The molecule has 7 heteroatoms. The molecule has 1 N–H and O–H groups in total. The highest BCUT2D eigenvalue weighted by atomic mass is 19.1. The van der Waals surface area contributed by atoms with Gasteiger partial charge in [-0.1, -0.05) is 36.4 Å². The normalized spacial score (nSPS) is 18.7. The van der Waals surface area contributed by atoms with Crippen LogP contribution in [-0.4, -0.2) is 46.6 Å². The van der Waals surface area contributed by atoms with E-state index in [2.05, 4.69) is 27.3 Å². The molecule has 0 unspecified atom stereocenters. The zero-order chi connectivity index (χ0) is 23.0. The van der Waals surface area contributed by atoms with Gasteiger partial charge < -0.3 is 14.6 Å². The van der Waals surface area contributed by atoms with Crippen molar-refractivity contribution < 1.29 is 13.9 Å². The molecule has 6 nitrogen and oxygen atoms in total. The molecule has 1 saturated heterocycles. The molecule has 1 aliphatic rings. The van der Waals surface area contributed by atoms with Gasteiger partial charge in [-0.3, -0.25) is 9.69 Å². The minimum atomic E-state index is -0.316. The van der Waals surface area contributed by atoms with Crippen LogP contribution in [0.25, 0.3) is 0 Å². The van der Waals surface area contributed by atoms with E-state index in [0.29, 0.717) is 32.0 Å². The van der Waals surface area contributed by atoms with Crippen LogP contribution in [0.1, 0.15) is 17.8 Å². The van der Waals surface area contributed by atoms with Gasteiger partial charge in [-0.15, -0.1) is 0 Å². The lowest BCUT2D eigenvalue weighted by Crippen LogP contribution is -2.47. The Bertz CT molecular complexity index is 1040. The van der Waals surface area contributed by atoms with Crippen molar-refractivity contribution in [1.82, 2.24) is 19.8 Å². The molecule has 174 valence electrons. The Kier molecular flexibility index (Phi) is 7.73. The Morgan fingerprint density at radius 2 is 2.03 bits per heavy atom. The van der Waals surface area contributed by atoms with Crippen LogP contribution in [0.15, 0.2) is 67.0 Å². The number of likely N-dealkylation sites (tertiary alicyclic amines) is 1. The molecule has 4 rings (SSSR count). The molecule has 0 radical (unpaired) electrons. The van der Waals surface area contributed by atoms with Crippen molar-refractivity contribution in [3.8, 4) is 5.75 Å². The SMILES string of the molecule is Cn1ccnc1CN1C[C@@H](COc2cccc(F)c2)C[C@@H](C(=O)NCCc2ccccc2)C1. The summed E-state index contributed by atoms with van der Waals surface area (Å²) >= 11 is 0. The molecule has 0 bridgehead atoms. The van der Waals surface area contributed by atoms with Crippen molar-refractivity contribution in [1.29, 1.82) is 0 Å². The number of nitrogens with zero attached hydrogens (tertiary/aromatic N) is 3. The number of hydrogen-bond donors (Lipinski definition) is 1. The van der Waals surface area contributed by atoms with Crippen LogP contribution in [0.4, 0.5) is 4.39 Å². The third-order valence-corrected chi connectivity index (χ3v) is 6.11. The Balaban J connectivity index is 1.37. The van der Waals surface area contributed by atoms with Crippen molar-refractivity contribution in [2.24, 2.45) is 18.9 Å². The van der Waals surface area contributed by atoms with E-state index >= 15 is 0 Å². The second-order valence-electron chi connectivity index (χ2n) is 8.74. The summed E-state index contributed by atoms with van der Waals surface area (Å²) in [6.07, 6.45) is 5.27. The summed E-state index contributed by atoms with van der Waals surface area (Å²) < 4.78 is 21.4. The second-order valence-corrected chi connectivity index (χ2v) is 8.74. The molecule has 0 saturated carbocycles. The third-order valence-electron chi connectivity index (χ3n) is 6.11. The van der Waals surface area contributed by atoms with Crippen molar-refractivity contribution in [3.63, 3.8) is 0 Å². The lowest BCUT2D eigenvalue weighted by molar-refractivity contribution is -0.127. The number of aryl methyl sites for hydroxylation is 1. The first-order valence-corrected chi connectivity index (χ1v) is 11.5. The van der Waals surface area contributed by atoms with Crippen LogP contribution in [0.3, 0.4) is 0 Å². The fraction of sp³-hybridized carbons (Fsp3) is 0.385. The van der Waals surface area contributed by atoms with Crippen molar-refractivity contribution >= 4 is 5.91 Å². The average molecular weight is 451 g/mol. The van der Waals surface area contributed by atoms with Crippen LogP contribution in [-0.2, 0) is 24.8 Å². The lowest BCUT2D eigenvalue weighted by Gasteiger charge is -2.36. The molecular weight excluding hydrogens is 419 g/mol. The number of piperidine rings is 1. The molecule has 2 atom stereocenters. The molecular formula is C26H31FN4O2. The van der Waals surface area contributed by atoms with Crippen LogP contribution in [0, 0.1) is 17.7 Å². The molecule has 3 aromatic rings. The van der Waals surface area contributed by atoms with E-state index in [0.717, 1.165) is 25.2 Å². The van der Waals surface area contributed by atoms with E-state index in [1.54, 1.807) is 18.3 Å². The van der Waals surface area contributed by atoms with E-state index in [4.69, 9.17) is 4.74 Å². The Morgan fingerprint density at radius 1 is 1.18 bits per heavy atom. The summed E-state index contributed by atoms with van der Waals surface area (Å²) in [5.74, 6) is 1.27. The van der Waals surface area contributed by atoms with Gasteiger partial charge in [0.2, 0.25) is 5.91 Å². The molecule has 33 heavy (non-hydrogen) atoms. The zero-order valence-corrected chi connectivity index (χ0v) is 19.0. The Hall–Kier alpha value is -3.19. The number of aromatic nitrogens is 2. The molecule has 2 aromatic carbocycles. The number of imidazole rings is 1. The summed E-state index contributed by atoms with van der Waals surface area (Å²) in [4.78, 5) is 19.7. The number of halogens is 1. The summed E-state index contributed by atoms with van der Waals surface area (Å²) in [5.41, 5.74) is 1.21. The Labute approximate surface area is 194 Å². The molecule has 0 aliphatic carbocycles. The van der Waals surface area contributed by atoms with Gasteiger partial charge in [0.1, 0.15) is 17.4 Å². The highest BCUT2D eigenvalue weighted by Crippen LogP contribution is 2.25. The van der Waals surface area contributed by atoms with E-state index < -0.39 is 0 Å². The summed E-state index contributed by atoms with van der Waals surface area (Å²) in [6, 6.07) is 16.3. The lowest BCUT2D eigenvalue weighted by atomic mass is 9.88. The zero-order valence-electron chi connectivity index (χ0n) is 19.0. The number of hydrogen-bond acceptors (Lipinski definition) is 4. The number of benzene rings is 2. The Morgan fingerprint density at radius 3 is 2.79 bits per heavy atom. The van der Waals surface area contributed by atoms with Crippen LogP contribution >= 0.6 is 0 Å². The standard InChI is InChI=1S/C26H31FN4O2/c1-30-13-12-28-25(30)18-31-16-21(19-33-24-9-5-8-23(27)15-24)14-22(17-31)26(32)29-11-10-20-6-3-2-4-7-20/h2-9,12-13,15,21-22H,10-11,14,16-19H2,1H3,(H,29,32)/t21-,22+/m0/s1. The van der Waals surface area contributed by atoms with Gasteiger partial charge in [0, 0.05) is 51.1 Å². The second kappa shape index (κ2) is 11.1. The van der Waals surface area contributed by atoms with Crippen molar-refractivity contribution in [2.75, 3.05) is 26.2 Å². The van der Waals surface area contributed by atoms with Crippen LogP contribution in [0.5, 0.6) is 5.75 Å². The first kappa shape index (κ1) is 23.0. The van der Waals surface area contributed by atoms with Gasteiger partial charge in [0.25, 0.3) is 0 Å². The minimum absolute atomic E-state index is 0.0752. The highest BCUT2D eigenvalue weighted by molar-refractivity contribution is 5.79. The maximum absolute atomic E-state index is 13.5. The summed E-state index contributed by atoms with van der Waals surface area (Å²) in [5, 5.41) is 3.12.